The van der Waals surface area contributed by atoms with Crippen LogP contribution in [0.15, 0.2) is 59.2 Å². The van der Waals surface area contributed by atoms with Crippen LogP contribution in [0.25, 0.3) is 10.9 Å². The molecule has 0 saturated carbocycles. The van der Waals surface area contributed by atoms with Gasteiger partial charge in [-0.25, -0.2) is 4.39 Å². The van der Waals surface area contributed by atoms with Crippen LogP contribution in [0.1, 0.15) is 22.8 Å². The van der Waals surface area contributed by atoms with E-state index < -0.39 is 6.10 Å². The molecule has 6 nitrogen and oxygen atoms in total. The van der Waals surface area contributed by atoms with Crippen LogP contribution in [0.5, 0.6) is 0 Å². The summed E-state index contributed by atoms with van der Waals surface area (Å²) in [7, 11) is 0. The van der Waals surface area contributed by atoms with E-state index in [-0.39, 0.29) is 5.82 Å². The van der Waals surface area contributed by atoms with E-state index >= 15 is 0 Å². The van der Waals surface area contributed by atoms with Crippen LogP contribution in [-0.2, 0) is 19.6 Å². The van der Waals surface area contributed by atoms with Gasteiger partial charge in [0.25, 0.3) is 0 Å². The van der Waals surface area contributed by atoms with E-state index in [0.717, 1.165) is 33.7 Å². The highest BCUT2D eigenvalue weighted by Gasteiger charge is 2.17. The van der Waals surface area contributed by atoms with Gasteiger partial charge < -0.3 is 9.52 Å². The lowest BCUT2D eigenvalue weighted by Crippen LogP contribution is -2.34. The molecule has 3 heterocycles. The number of aliphatic hydroxyl groups is 1. The Morgan fingerprint density at radius 2 is 2.00 bits per heavy atom. The Labute approximate surface area is 174 Å². The van der Waals surface area contributed by atoms with Crippen LogP contribution in [0.3, 0.4) is 0 Å². The van der Waals surface area contributed by atoms with Crippen molar-refractivity contribution in [2.24, 2.45) is 0 Å². The lowest BCUT2D eigenvalue weighted by atomic mass is 10.2. The summed E-state index contributed by atoms with van der Waals surface area (Å²) in [6, 6.07) is 14.1. The highest BCUT2D eigenvalue weighted by molar-refractivity contribution is 5.78. The molecule has 0 amide bonds. The third-order valence-electron chi connectivity index (χ3n) is 5.01. The molecule has 156 valence electrons. The minimum Gasteiger partial charge on any atom is -0.468 e. The number of aromatic nitrogens is 3. The van der Waals surface area contributed by atoms with E-state index in [2.05, 4.69) is 15.0 Å². The molecule has 0 fully saturated rings. The second-order valence-corrected chi connectivity index (χ2v) is 7.65. The van der Waals surface area contributed by atoms with Gasteiger partial charge in [0.15, 0.2) is 0 Å². The fourth-order valence-electron chi connectivity index (χ4n) is 3.68. The maximum Gasteiger partial charge on any atom is 0.123 e. The quantitative estimate of drug-likeness (QED) is 0.480. The number of benzene rings is 1. The Hall–Kier alpha value is -3.03. The molecule has 0 aliphatic rings. The van der Waals surface area contributed by atoms with Crippen LogP contribution in [-0.4, -0.2) is 37.4 Å². The average molecular weight is 408 g/mol. The summed E-state index contributed by atoms with van der Waals surface area (Å²) in [5, 5.41) is 15.9. The predicted molar refractivity (Wildman–Crippen MR) is 112 cm³/mol. The third-order valence-corrected chi connectivity index (χ3v) is 5.01. The highest BCUT2D eigenvalue weighted by atomic mass is 19.1. The molecule has 0 aliphatic heterocycles. The lowest BCUT2D eigenvalue weighted by molar-refractivity contribution is 0.0833. The van der Waals surface area contributed by atoms with E-state index in [1.807, 2.05) is 48.9 Å². The molecule has 0 spiro atoms. The molecule has 0 radical (unpaired) electrons. The van der Waals surface area contributed by atoms with Gasteiger partial charge in [0, 0.05) is 24.2 Å². The molecule has 1 unspecified atom stereocenters. The number of hydrogen-bond acceptors (Lipinski definition) is 5. The van der Waals surface area contributed by atoms with Crippen molar-refractivity contribution in [2.75, 3.05) is 6.54 Å². The van der Waals surface area contributed by atoms with Crippen LogP contribution >= 0.6 is 0 Å². The maximum atomic E-state index is 13.4. The molecular weight excluding hydrogens is 383 g/mol. The molecule has 30 heavy (non-hydrogen) atoms. The fraction of sp³-hybridized carbons (Fsp3) is 0.304. The van der Waals surface area contributed by atoms with Crippen molar-refractivity contribution in [1.29, 1.82) is 0 Å². The van der Waals surface area contributed by atoms with E-state index in [1.54, 1.807) is 12.3 Å². The van der Waals surface area contributed by atoms with Gasteiger partial charge in [0.1, 0.15) is 11.6 Å². The molecule has 7 heteroatoms. The van der Waals surface area contributed by atoms with Gasteiger partial charge in [-0.1, -0.05) is 6.07 Å². The summed E-state index contributed by atoms with van der Waals surface area (Å²) in [5.74, 6) is 0.542. The smallest absolute Gasteiger partial charge is 0.123 e. The predicted octanol–water partition coefficient (Wildman–Crippen LogP) is 3.84. The Kier molecular flexibility index (Phi) is 5.92. The average Bonchev–Trinajstić information content (AvgIpc) is 3.31. The highest BCUT2D eigenvalue weighted by Crippen LogP contribution is 2.17. The topological polar surface area (TPSA) is 67.3 Å². The summed E-state index contributed by atoms with van der Waals surface area (Å²) in [6.07, 6.45) is 1.04. The van der Waals surface area contributed by atoms with Crippen molar-refractivity contribution in [3.05, 3.63) is 83.5 Å². The van der Waals surface area contributed by atoms with Gasteiger partial charge >= 0.3 is 0 Å². The van der Waals surface area contributed by atoms with Gasteiger partial charge in [-0.3, -0.25) is 14.6 Å². The van der Waals surface area contributed by atoms with Gasteiger partial charge in [-0.05, 0) is 56.3 Å². The zero-order chi connectivity index (χ0) is 21.1. The molecule has 0 aliphatic carbocycles. The third kappa shape index (κ3) is 4.93. The minimum atomic E-state index is -0.604. The molecule has 1 aromatic carbocycles. The zero-order valence-corrected chi connectivity index (χ0v) is 17.1. The maximum absolute atomic E-state index is 13.4. The number of nitrogens with zero attached hydrogens (tertiary/aromatic N) is 4. The first-order valence-corrected chi connectivity index (χ1v) is 9.95. The van der Waals surface area contributed by atoms with Crippen LogP contribution < -0.4 is 0 Å². The van der Waals surface area contributed by atoms with E-state index in [4.69, 9.17) is 4.42 Å². The van der Waals surface area contributed by atoms with Crippen molar-refractivity contribution < 1.29 is 13.9 Å². The van der Waals surface area contributed by atoms with Crippen molar-refractivity contribution in [3.8, 4) is 0 Å². The molecule has 1 atom stereocenters. The van der Waals surface area contributed by atoms with Gasteiger partial charge in [0.05, 0.1) is 42.4 Å². The normalized spacial score (nSPS) is 12.7. The molecule has 0 bridgehead atoms. The summed E-state index contributed by atoms with van der Waals surface area (Å²) in [4.78, 5) is 6.75. The first kappa shape index (κ1) is 20.3. The summed E-state index contributed by atoms with van der Waals surface area (Å²) >= 11 is 0. The van der Waals surface area contributed by atoms with Crippen molar-refractivity contribution >= 4 is 10.9 Å². The molecule has 3 aromatic heterocycles. The second kappa shape index (κ2) is 8.77. The standard InChI is InChI=1S/C23H25FN4O2/c1-16-10-17(2)28(26-16)14-21(29)13-27(15-22-4-3-9-30-22)12-20-7-5-18-11-19(24)6-8-23(18)25-20/h3-11,21,29H,12-15H2,1-2H3. The van der Waals surface area contributed by atoms with Gasteiger partial charge in [-0.2, -0.15) is 5.10 Å². The van der Waals surface area contributed by atoms with Crippen LogP contribution in [0, 0.1) is 19.7 Å². The minimum absolute atomic E-state index is 0.274. The number of rotatable bonds is 8. The van der Waals surface area contributed by atoms with E-state index in [1.165, 1.54) is 12.1 Å². The monoisotopic (exact) mass is 408 g/mol. The number of hydrogen-bond donors (Lipinski definition) is 1. The second-order valence-electron chi connectivity index (χ2n) is 7.65. The van der Waals surface area contributed by atoms with Crippen LogP contribution in [0.4, 0.5) is 4.39 Å². The first-order valence-electron chi connectivity index (χ1n) is 9.95. The summed E-state index contributed by atoms with van der Waals surface area (Å²) < 4.78 is 20.8. The SMILES string of the molecule is Cc1cc(C)n(CC(O)CN(Cc2ccc3cc(F)ccc3n2)Cc2ccco2)n1. The number of aliphatic hydroxyl groups excluding tert-OH is 1. The molecule has 4 aromatic rings. The molecule has 4 rings (SSSR count). The summed E-state index contributed by atoms with van der Waals surface area (Å²) in [6.45, 7) is 5.85. The number of furan rings is 1. The van der Waals surface area contributed by atoms with Crippen molar-refractivity contribution in [3.63, 3.8) is 0 Å². The Bertz CT molecular complexity index is 1120. The van der Waals surface area contributed by atoms with Gasteiger partial charge in [0.2, 0.25) is 0 Å². The molecular formula is C23H25FN4O2. The first-order chi connectivity index (χ1) is 14.5. The lowest BCUT2D eigenvalue weighted by Gasteiger charge is -2.24. The number of halogens is 1. The van der Waals surface area contributed by atoms with E-state index in [9.17, 15) is 9.50 Å². The zero-order valence-electron chi connectivity index (χ0n) is 17.1. The summed E-state index contributed by atoms with van der Waals surface area (Å²) in [5.41, 5.74) is 3.55. The van der Waals surface area contributed by atoms with Gasteiger partial charge in [-0.15, -0.1) is 0 Å². The Morgan fingerprint density at radius 3 is 2.73 bits per heavy atom. The van der Waals surface area contributed by atoms with E-state index in [0.29, 0.717) is 26.2 Å². The fourth-order valence-corrected chi connectivity index (χ4v) is 3.68. The number of pyridine rings is 1. The number of fused-ring (bicyclic) bond motifs is 1. The molecule has 0 saturated heterocycles. The largest absolute Gasteiger partial charge is 0.468 e. The van der Waals surface area contributed by atoms with Crippen LogP contribution in [0.2, 0.25) is 0 Å². The van der Waals surface area contributed by atoms with Crippen molar-refractivity contribution in [2.45, 2.75) is 39.6 Å². The number of aryl methyl sites for hydroxylation is 2. The Morgan fingerprint density at radius 1 is 1.13 bits per heavy atom. The Balaban J connectivity index is 1.50. The van der Waals surface area contributed by atoms with Crippen molar-refractivity contribution in [1.82, 2.24) is 19.7 Å². The molecule has 1 N–H and O–H groups in total.